The summed E-state index contributed by atoms with van der Waals surface area (Å²) in [5.74, 6) is -0.957. The molecule has 1 aliphatic rings. The molecule has 0 bridgehead atoms. The Balaban J connectivity index is 2.39. The molecular weight excluding hydrogens is 252 g/mol. The third-order valence-electron chi connectivity index (χ3n) is 2.63. The van der Waals surface area contributed by atoms with E-state index in [0.29, 0.717) is 0 Å². The van der Waals surface area contributed by atoms with Crippen molar-refractivity contribution >= 4 is 23.2 Å². The summed E-state index contributed by atoms with van der Waals surface area (Å²) in [4.78, 5) is 34.8. The van der Waals surface area contributed by atoms with Crippen LogP contribution in [-0.2, 0) is 14.3 Å². The number of nitro groups is 1. The fraction of sp³-hybridized carbons (Fsp3) is 0.167. The number of methoxy groups -OCH3 is 1. The molecule has 0 radical (unpaired) electrons. The highest BCUT2D eigenvalue weighted by Gasteiger charge is 2.35. The van der Waals surface area contributed by atoms with E-state index in [1.54, 1.807) is 0 Å². The topological polar surface area (TPSA) is 89.8 Å². The molecular formula is C12H10N2O5. The quantitative estimate of drug-likeness (QED) is 0.270. The van der Waals surface area contributed by atoms with E-state index in [4.69, 9.17) is 4.74 Å². The van der Waals surface area contributed by atoms with Gasteiger partial charge in [0.15, 0.2) is 0 Å². The first-order valence-electron chi connectivity index (χ1n) is 5.38. The Labute approximate surface area is 108 Å². The monoisotopic (exact) mass is 262 g/mol. The van der Waals surface area contributed by atoms with Gasteiger partial charge in [-0.15, -0.1) is 0 Å². The molecule has 0 atom stereocenters. The summed E-state index contributed by atoms with van der Waals surface area (Å²) in [5, 5.41) is 10.7. The number of hydrogen-bond donors (Lipinski definition) is 0. The predicted molar refractivity (Wildman–Crippen MR) is 65.3 cm³/mol. The number of carbonyl (C=O) groups excluding carboxylic acids is 2. The molecule has 2 rings (SSSR count). The van der Waals surface area contributed by atoms with Gasteiger partial charge >= 0.3 is 0 Å². The van der Waals surface area contributed by atoms with E-state index >= 15 is 0 Å². The minimum atomic E-state index is -0.583. The molecule has 1 aromatic carbocycles. The van der Waals surface area contributed by atoms with Crippen molar-refractivity contribution in [2.45, 2.75) is 6.42 Å². The minimum absolute atomic E-state index is 0.0740. The smallest absolute Gasteiger partial charge is 0.271 e. The van der Waals surface area contributed by atoms with Crippen molar-refractivity contribution in [1.29, 1.82) is 0 Å². The van der Waals surface area contributed by atoms with Gasteiger partial charge in [0.1, 0.15) is 0 Å². The molecule has 1 heterocycles. The Morgan fingerprint density at radius 1 is 1.42 bits per heavy atom. The molecule has 1 aliphatic heterocycles. The standard InChI is InChI=1S/C12H10N2O5/c1-19-7-8-5-11(15)13(12(8)16)9-3-2-4-10(6-9)14(17)18/h2-4,6-7H,5H2,1H3. The van der Waals surface area contributed by atoms with Crippen LogP contribution in [-0.4, -0.2) is 23.8 Å². The molecule has 0 N–H and O–H groups in total. The number of nitro benzene ring substituents is 1. The summed E-state index contributed by atoms with van der Waals surface area (Å²) in [6, 6.07) is 5.37. The number of imide groups is 1. The zero-order chi connectivity index (χ0) is 14.0. The summed E-state index contributed by atoms with van der Waals surface area (Å²) in [5.41, 5.74) is 0.227. The Kier molecular flexibility index (Phi) is 3.28. The second-order valence-corrected chi connectivity index (χ2v) is 3.87. The lowest BCUT2D eigenvalue weighted by molar-refractivity contribution is -0.384. The summed E-state index contributed by atoms with van der Waals surface area (Å²) in [7, 11) is 1.38. The first-order chi connectivity index (χ1) is 9.04. The normalized spacial score (nSPS) is 17.1. The molecule has 0 aromatic heterocycles. The molecule has 7 heteroatoms. The van der Waals surface area contributed by atoms with E-state index in [-0.39, 0.29) is 23.4 Å². The van der Waals surface area contributed by atoms with Crippen LogP contribution in [0.5, 0.6) is 0 Å². The van der Waals surface area contributed by atoms with Gasteiger partial charge in [-0.1, -0.05) is 6.07 Å². The average Bonchev–Trinajstić information content (AvgIpc) is 2.65. The lowest BCUT2D eigenvalue weighted by atomic mass is 10.2. The molecule has 1 aromatic rings. The van der Waals surface area contributed by atoms with Gasteiger partial charge in [0.25, 0.3) is 11.6 Å². The van der Waals surface area contributed by atoms with E-state index in [0.717, 1.165) is 4.90 Å². The Hall–Kier alpha value is -2.70. The average molecular weight is 262 g/mol. The fourth-order valence-electron chi connectivity index (χ4n) is 1.82. The van der Waals surface area contributed by atoms with Crippen LogP contribution in [0, 0.1) is 10.1 Å². The van der Waals surface area contributed by atoms with Crippen molar-refractivity contribution in [3.05, 3.63) is 46.2 Å². The molecule has 1 fully saturated rings. The zero-order valence-electron chi connectivity index (χ0n) is 10.0. The molecule has 98 valence electrons. The maximum absolute atomic E-state index is 12.0. The van der Waals surface area contributed by atoms with Crippen LogP contribution in [0.3, 0.4) is 0 Å². The summed E-state index contributed by atoms with van der Waals surface area (Å²) < 4.78 is 4.72. The maximum Gasteiger partial charge on any atom is 0.271 e. The Morgan fingerprint density at radius 3 is 2.79 bits per heavy atom. The fourth-order valence-corrected chi connectivity index (χ4v) is 1.82. The van der Waals surface area contributed by atoms with Gasteiger partial charge in [-0.25, -0.2) is 4.90 Å². The van der Waals surface area contributed by atoms with E-state index in [2.05, 4.69) is 0 Å². The van der Waals surface area contributed by atoms with Crippen molar-refractivity contribution < 1.29 is 19.2 Å². The largest absolute Gasteiger partial charge is 0.504 e. The number of benzene rings is 1. The minimum Gasteiger partial charge on any atom is -0.504 e. The number of amides is 2. The molecule has 1 saturated heterocycles. The van der Waals surface area contributed by atoms with Gasteiger partial charge in [0.05, 0.1) is 36.0 Å². The Bertz CT molecular complexity index is 594. The van der Waals surface area contributed by atoms with Gasteiger partial charge in [-0.05, 0) is 6.07 Å². The van der Waals surface area contributed by atoms with Crippen LogP contribution < -0.4 is 4.90 Å². The van der Waals surface area contributed by atoms with Crippen LogP contribution in [0.4, 0.5) is 11.4 Å². The van der Waals surface area contributed by atoms with Crippen molar-refractivity contribution in [2.75, 3.05) is 12.0 Å². The van der Waals surface area contributed by atoms with E-state index in [9.17, 15) is 19.7 Å². The SMILES string of the molecule is COC=C1CC(=O)N(c2cccc([N+](=O)[O-])c2)C1=O. The van der Waals surface area contributed by atoms with Crippen molar-refractivity contribution in [3.8, 4) is 0 Å². The van der Waals surface area contributed by atoms with Gasteiger partial charge < -0.3 is 4.74 Å². The van der Waals surface area contributed by atoms with E-state index < -0.39 is 16.7 Å². The van der Waals surface area contributed by atoms with Crippen LogP contribution in [0.25, 0.3) is 0 Å². The molecule has 2 amide bonds. The van der Waals surface area contributed by atoms with Crippen LogP contribution in [0.15, 0.2) is 36.1 Å². The third-order valence-corrected chi connectivity index (χ3v) is 2.63. The summed E-state index contributed by atoms with van der Waals surface area (Å²) in [6.07, 6.45) is 1.13. The molecule has 0 spiro atoms. The number of non-ortho nitro benzene ring substituents is 1. The van der Waals surface area contributed by atoms with E-state index in [1.165, 1.54) is 37.6 Å². The van der Waals surface area contributed by atoms with Gasteiger partial charge in [-0.3, -0.25) is 19.7 Å². The van der Waals surface area contributed by atoms with Crippen LogP contribution >= 0.6 is 0 Å². The predicted octanol–water partition coefficient (Wildman–Crippen LogP) is 1.39. The van der Waals surface area contributed by atoms with Gasteiger partial charge in [0, 0.05) is 12.1 Å². The number of rotatable bonds is 3. The molecule has 0 unspecified atom stereocenters. The second kappa shape index (κ2) is 4.89. The first-order valence-corrected chi connectivity index (χ1v) is 5.38. The number of hydrogen-bond acceptors (Lipinski definition) is 5. The highest BCUT2D eigenvalue weighted by Crippen LogP contribution is 2.28. The molecule has 0 aliphatic carbocycles. The lowest BCUT2D eigenvalue weighted by Crippen LogP contribution is -2.28. The van der Waals surface area contributed by atoms with Crippen molar-refractivity contribution in [1.82, 2.24) is 0 Å². The van der Waals surface area contributed by atoms with Crippen LogP contribution in [0.2, 0.25) is 0 Å². The number of nitrogens with zero attached hydrogens (tertiary/aromatic N) is 2. The second-order valence-electron chi connectivity index (χ2n) is 3.87. The maximum atomic E-state index is 12.0. The van der Waals surface area contributed by atoms with Gasteiger partial charge in [0.2, 0.25) is 5.91 Å². The molecule has 19 heavy (non-hydrogen) atoms. The van der Waals surface area contributed by atoms with Crippen LogP contribution in [0.1, 0.15) is 6.42 Å². The summed E-state index contributed by atoms with van der Waals surface area (Å²) >= 11 is 0. The molecule has 0 saturated carbocycles. The van der Waals surface area contributed by atoms with Crippen molar-refractivity contribution in [2.24, 2.45) is 0 Å². The van der Waals surface area contributed by atoms with E-state index in [1.807, 2.05) is 0 Å². The molecule has 7 nitrogen and oxygen atoms in total. The zero-order valence-corrected chi connectivity index (χ0v) is 10.0. The number of carbonyl (C=O) groups is 2. The third kappa shape index (κ3) is 2.30. The number of ether oxygens (including phenoxy) is 1. The van der Waals surface area contributed by atoms with Crippen molar-refractivity contribution in [3.63, 3.8) is 0 Å². The van der Waals surface area contributed by atoms with Gasteiger partial charge in [-0.2, -0.15) is 0 Å². The Morgan fingerprint density at radius 2 is 2.16 bits per heavy atom. The number of anilines is 1. The lowest BCUT2D eigenvalue weighted by Gasteiger charge is -2.12. The highest BCUT2D eigenvalue weighted by molar-refractivity contribution is 6.28. The first kappa shape index (κ1) is 12.7. The highest BCUT2D eigenvalue weighted by atomic mass is 16.6. The summed E-state index contributed by atoms with van der Waals surface area (Å²) in [6.45, 7) is 0.